The van der Waals surface area contributed by atoms with Crippen LogP contribution in [0.2, 0.25) is 0 Å². The molecule has 0 aliphatic carbocycles. The number of hydrogen-bond donors (Lipinski definition) is 1. The summed E-state index contributed by atoms with van der Waals surface area (Å²) in [7, 11) is 2.13. The van der Waals surface area contributed by atoms with E-state index in [4.69, 9.17) is 4.74 Å². The summed E-state index contributed by atoms with van der Waals surface area (Å²) >= 11 is 0. The van der Waals surface area contributed by atoms with E-state index in [1.165, 1.54) is 6.42 Å². The summed E-state index contributed by atoms with van der Waals surface area (Å²) in [6.45, 7) is 5.72. The number of ether oxygens (including phenoxy) is 1. The van der Waals surface area contributed by atoms with Crippen LogP contribution in [-0.2, 0) is 5.60 Å². The van der Waals surface area contributed by atoms with Gasteiger partial charge in [0, 0.05) is 6.54 Å². The first-order chi connectivity index (χ1) is 8.45. The Morgan fingerprint density at radius 3 is 2.83 bits per heavy atom. The summed E-state index contributed by atoms with van der Waals surface area (Å²) in [6, 6.07) is 7.77. The fraction of sp³-hybridized carbons (Fsp3) is 0.600. The summed E-state index contributed by atoms with van der Waals surface area (Å²) in [5, 5.41) is 10.00. The van der Waals surface area contributed by atoms with Crippen molar-refractivity contribution in [1.29, 1.82) is 0 Å². The number of benzene rings is 1. The monoisotopic (exact) mass is 249 g/mol. The van der Waals surface area contributed by atoms with E-state index < -0.39 is 5.60 Å². The Kier molecular flexibility index (Phi) is 3.93. The molecule has 0 spiro atoms. The highest BCUT2D eigenvalue weighted by Gasteiger charge is 2.20. The van der Waals surface area contributed by atoms with Gasteiger partial charge in [-0.05, 0) is 58.0 Å². The minimum Gasteiger partial charge on any atom is -0.489 e. The smallest absolute Gasteiger partial charge is 0.120 e. The van der Waals surface area contributed by atoms with Gasteiger partial charge in [-0.25, -0.2) is 0 Å². The van der Waals surface area contributed by atoms with E-state index in [1.807, 2.05) is 24.3 Å². The van der Waals surface area contributed by atoms with Gasteiger partial charge in [-0.1, -0.05) is 12.1 Å². The van der Waals surface area contributed by atoms with Crippen LogP contribution in [-0.4, -0.2) is 36.2 Å². The highest BCUT2D eigenvalue weighted by molar-refractivity contribution is 5.31. The Balaban J connectivity index is 2.05. The van der Waals surface area contributed by atoms with E-state index in [0.717, 1.165) is 30.8 Å². The standard InChI is InChI=1S/C15H23NO2/c1-15(2,17)12-6-4-7-13(10-12)18-14-8-5-9-16(3)11-14/h4,6-7,10,14,17H,5,8-9,11H2,1-3H3. The molecular formula is C15H23NO2. The summed E-state index contributed by atoms with van der Waals surface area (Å²) in [6.07, 6.45) is 2.56. The van der Waals surface area contributed by atoms with Gasteiger partial charge in [0.2, 0.25) is 0 Å². The van der Waals surface area contributed by atoms with E-state index in [9.17, 15) is 5.11 Å². The van der Waals surface area contributed by atoms with Gasteiger partial charge in [0.15, 0.2) is 0 Å². The number of piperidine rings is 1. The Labute approximate surface area is 109 Å². The van der Waals surface area contributed by atoms with Crippen LogP contribution in [0.25, 0.3) is 0 Å². The maximum atomic E-state index is 10.00. The van der Waals surface area contributed by atoms with Gasteiger partial charge in [0.05, 0.1) is 5.60 Å². The van der Waals surface area contributed by atoms with E-state index in [-0.39, 0.29) is 6.10 Å². The second kappa shape index (κ2) is 5.29. The van der Waals surface area contributed by atoms with Crippen LogP contribution in [0.3, 0.4) is 0 Å². The van der Waals surface area contributed by atoms with Crippen molar-refractivity contribution in [3.05, 3.63) is 29.8 Å². The lowest BCUT2D eigenvalue weighted by Gasteiger charge is -2.30. The fourth-order valence-electron chi connectivity index (χ4n) is 2.36. The molecule has 0 aromatic heterocycles. The van der Waals surface area contributed by atoms with Crippen molar-refractivity contribution in [1.82, 2.24) is 4.90 Å². The third-order valence-electron chi connectivity index (χ3n) is 3.42. The van der Waals surface area contributed by atoms with Crippen LogP contribution in [0, 0.1) is 0 Å². The Bertz CT molecular complexity index is 398. The molecule has 1 unspecified atom stereocenters. The third-order valence-corrected chi connectivity index (χ3v) is 3.42. The lowest BCUT2D eigenvalue weighted by Crippen LogP contribution is -2.38. The van der Waals surface area contributed by atoms with Crippen molar-refractivity contribution in [2.24, 2.45) is 0 Å². The van der Waals surface area contributed by atoms with Crippen molar-refractivity contribution >= 4 is 0 Å². The number of hydrogen-bond acceptors (Lipinski definition) is 3. The SMILES string of the molecule is CN1CCCC(Oc2cccc(C(C)(C)O)c2)C1. The molecule has 0 saturated carbocycles. The van der Waals surface area contributed by atoms with Gasteiger partial charge in [-0.3, -0.25) is 0 Å². The van der Waals surface area contributed by atoms with Gasteiger partial charge in [-0.15, -0.1) is 0 Å². The third kappa shape index (κ3) is 3.47. The number of likely N-dealkylation sites (tertiary alicyclic amines) is 1. The molecule has 3 heteroatoms. The summed E-state index contributed by atoms with van der Waals surface area (Å²) in [5.74, 6) is 0.856. The molecule has 100 valence electrons. The summed E-state index contributed by atoms with van der Waals surface area (Å²) in [4.78, 5) is 2.30. The fourth-order valence-corrected chi connectivity index (χ4v) is 2.36. The van der Waals surface area contributed by atoms with Gasteiger partial charge < -0.3 is 14.7 Å². The lowest BCUT2D eigenvalue weighted by molar-refractivity contribution is 0.0767. The first kappa shape index (κ1) is 13.4. The zero-order chi connectivity index (χ0) is 13.2. The lowest BCUT2D eigenvalue weighted by atomic mass is 9.98. The molecule has 1 aromatic rings. The molecule has 3 nitrogen and oxygen atoms in total. The first-order valence-electron chi connectivity index (χ1n) is 6.63. The van der Waals surface area contributed by atoms with E-state index in [0.29, 0.717) is 0 Å². The highest BCUT2D eigenvalue weighted by Crippen LogP contribution is 2.25. The molecule has 1 fully saturated rings. The maximum Gasteiger partial charge on any atom is 0.120 e. The average Bonchev–Trinajstić information content (AvgIpc) is 2.28. The second-order valence-electron chi connectivity index (χ2n) is 5.73. The molecule has 1 aliphatic rings. The normalized spacial score (nSPS) is 21.9. The zero-order valence-electron chi connectivity index (χ0n) is 11.5. The Morgan fingerprint density at radius 2 is 2.17 bits per heavy atom. The van der Waals surface area contributed by atoms with Crippen molar-refractivity contribution in [2.75, 3.05) is 20.1 Å². The van der Waals surface area contributed by atoms with Gasteiger partial charge >= 0.3 is 0 Å². The van der Waals surface area contributed by atoms with Gasteiger partial charge in [0.25, 0.3) is 0 Å². The van der Waals surface area contributed by atoms with Crippen LogP contribution in [0.15, 0.2) is 24.3 Å². The highest BCUT2D eigenvalue weighted by atomic mass is 16.5. The molecule has 1 N–H and O–H groups in total. The minimum absolute atomic E-state index is 0.265. The van der Waals surface area contributed by atoms with E-state index >= 15 is 0 Å². The molecule has 18 heavy (non-hydrogen) atoms. The quantitative estimate of drug-likeness (QED) is 0.893. The molecule has 1 aromatic carbocycles. The van der Waals surface area contributed by atoms with Crippen molar-refractivity contribution in [3.63, 3.8) is 0 Å². The van der Waals surface area contributed by atoms with Crippen LogP contribution >= 0.6 is 0 Å². The molecular weight excluding hydrogens is 226 g/mol. The van der Waals surface area contributed by atoms with Crippen molar-refractivity contribution in [2.45, 2.75) is 38.4 Å². The van der Waals surface area contributed by atoms with E-state index in [2.05, 4.69) is 11.9 Å². The topological polar surface area (TPSA) is 32.7 Å². The summed E-state index contributed by atoms with van der Waals surface area (Å²) < 4.78 is 6.01. The number of likely N-dealkylation sites (N-methyl/N-ethyl adjacent to an activating group) is 1. The molecule has 1 heterocycles. The molecule has 0 bridgehead atoms. The van der Waals surface area contributed by atoms with Crippen molar-refractivity contribution < 1.29 is 9.84 Å². The second-order valence-corrected chi connectivity index (χ2v) is 5.73. The largest absolute Gasteiger partial charge is 0.489 e. The van der Waals surface area contributed by atoms with Crippen LogP contribution in [0.4, 0.5) is 0 Å². The first-order valence-corrected chi connectivity index (χ1v) is 6.63. The minimum atomic E-state index is -0.817. The van der Waals surface area contributed by atoms with Gasteiger partial charge in [-0.2, -0.15) is 0 Å². The van der Waals surface area contributed by atoms with Crippen LogP contribution < -0.4 is 4.74 Å². The van der Waals surface area contributed by atoms with E-state index in [1.54, 1.807) is 13.8 Å². The van der Waals surface area contributed by atoms with Gasteiger partial charge in [0.1, 0.15) is 11.9 Å². The maximum absolute atomic E-state index is 10.00. The molecule has 1 saturated heterocycles. The van der Waals surface area contributed by atoms with Crippen LogP contribution in [0.5, 0.6) is 5.75 Å². The molecule has 2 rings (SSSR count). The number of nitrogens with zero attached hydrogens (tertiary/aromatic N) is 1. The summed E-state index contributed by atoms with van der Waals surface area (Å²) in [5.41, 5.74) is 0.0760. The van der Waals surface area contributed by atoms with Crippen molar-refractivity contribution in [3.8, 4) is 5.75 Å². The molecule has 0 amide bonds. The van der Waals surface area contributed by atoms with Crippen LogP contribution in [0.1, 0.15) is 32.3 Å². The number of rotatable bonds is 3. The zero-order valence-corrected chi connectivity index (χ0v) is 11.5. The number of aliphatic hydroxyl groups is 1. The molecule has 1 atom stereocenters. The molecule has 1 aliphatic heterocycles. The molecule has 0 radical (unpaired) electrons. The Morgan fingerprint density at radius 1 is 1.39 bits per heavy atom. The average molecular weight is 249 g/mol. The predicted octanol–water partition coefficient (Wildman–Crippen LogP) is 2.39. The predicted molar refractivity (Wildman–Crippen MR) is 72.8 cm³/mol. The Hall–Kier alpha value is -1.06.